The Balaban J connectivity index is 2.62. The predicted octanol–water partition coefficient (Wildman–Crippen LogP) is 2.24. The summed E-state index contributed by atoms with van der Waals surface area (Å²) in [4.78, 5) is 10.7. The van der Waals surface area contributed by atoms with Crippen molar-refractivity contribution in [3.05, 3.63) is 29.8 Å². The van der Waals surface area contributed by atoms with Gasteiger partial charge in [0.25, 0.3) is 0 Å². The number of amides is 1. The monoisotopic (exact) mass is 249 g/mol. The summed E-state index contributed by atoms with van der Waals surface area (Å²) in [6.45, 7) is 4.34. The summed E-state index contributed by atoms with van der Waals surface area (Å²) in [6, 6.07) is 5.73. The van der Waals surface area contributed by atoms with Gasteiger partial charge in [-0.25, -0.2) is 0 Å². The van der Waals surface area contributed by atoms with Crippen molar-refractivity contribution < 1.29 is 14.3 Å². The number of allylic oxidation sites excluding steroid dienone is 1. The van der Waals surface area contributed by atoms with E-state index in [4.69, 9.17) is 9.47 Å². The van der Waals surface area contributed by atoms with E-state index in [9.17, 15) is 4.79 Å². The fourth-order valence-corrected chi connectivity index (χ4v) is 1.49. The quantitative estimate of drug-likeness (QED) is 0.786. The Kier molecular flexibility index (Phi) is 5.77. The maximum absolute atomic E-state index is 10.7. The first-order valence-corrected chi connectivity index (χ1v) is 5.85. The molecule has 0 heterocycles. The van der Waals surface area contributed by atoms with E-state index in [1.54, 1.807) is 7.11 Å². The normalized spacial score (nSPS) is 10.4. The van der Waals surface area contributed by atoms with Crippen LogP contribution >= 0.6 is 0 Å². The van der Waals surface area contributed by atoms with Crippen LogP contribution in [0.5, 0.6) is 11.5 Å². The highest BCUT2D eigenvalue weighted by Crippen LogP contribution is 2.28. The van der Waals surface area contributed by atoms with Crippen LogP contribution in [0, 0.1) is 0 Å². The Morgan fingerprint density at radius 3 is 2.78 bits per heavy atom. The van der Waals surface area contributed by atoms with Crippen LogP contribution in [-0.2, 0) is 4.79 Å². The molecule has 4 heteroatoms. The molecule has 1 N–H and O–H groups in total. The van der Waals surface area contributed by atoms with Gasteiger partial charge < -0.3 is 14.8 Å². The molecule has 0 spiro atoms. The lowest BCUT2D eigenvalue weighted by atomic mass is 10.2. The standard InChI is InChI=1S/C14H19NO3/c1-4-5-12-6-7-13(14(10-12)17-3)18-9-8-15-11(2)16/h4-7,10H,8-9H2,1-3H3,(H,15,16)/b5-4-. The molecule has 0 aromatic heterocycles. The molecule has 0 fully saturated rings. The van der Waals surface area contributed by atoms with E-state index in [0.717, 1.165) is 5.56 Å². The molecule has 1 aromatic carbocycles. The molecule has 1 rings (SSSR count). The van der Waals surface area contributed by atoms with Gasteiger partial charge in [0.05, 0.1) is 13.7 Å². The number of ether oxygens (including phenoxy) is 2. The van der Waals surface area contributed by atoms with Crippen molar-refractivity contribution in [3.8, 4) is 11.5 Å². The first-order chi connectivity index (χ1) is 8.67. The third-order valence-corrected chi connectivity index (χ3v) is 2.28. The maximum atomic E-state index is 10.7. The molecule has 0 bridgehead atoms. The zero-order valence-corrected chi connectivity index (χ0v) is 11.0. The Morgan fingerprint density at radius 1 is 1.39 bits per heavy atom. The summed E-state index contributed by atoms with van der Waals surface area (Å²) in [5, 5.41) is 2.67. The van der Waals surface area contributed by atoms with E-state index >= 15 is 0 Å². The highest BCUT2D eigenvalue weighted by Gasteiger charge is 2.04. The third-order valence-electron chi connectivity index (χ3n) is 2.28. The van der Waals surface area contributed by atoms with Gasteiger partial charge in [-0.15, -0.1) is 0 Å². The fraction of sp³-hybridized carbons (Fsp3) is 0.357. The number of methoxy groups -OCH3 is 1. The van der Waals surface area contributed by atoms with E-state index < -0.39 is 0 Å². The van der Waals surface area contributed by atoms with Crippen molar-refractivity contribution in [1.29, 1.82) is 0 Å². The molecule has 0 saturated carbocycles. The summed E-state index contributed by atoms with van der Waals surface area (Å²) in [6.07, 6.45) is 3.95. The smallest absolute Gasteiger partial charge is 0.216 e. The van der Waals surface area contributed by atoms with Crippen LogP contribution in [0.1, 0.15) is 19.4 Å². The molecule has 0 radical (unpaired) electrons. The van der Waals surface area contributed by atoms with Crippen LogP contribution in [0.2, 0.25) is 0 Å². The van der Waals surface area contributed by atoms with Gasteiger partial charge in [0.2, 0.25) is 5.91 Å². The van der Waals surface area contributed by atoms with E-state index in [1.807, 2.05) is 37.3 Å². The molecule has 0 unspecified atom stereocenters. The minimum Gasteiger partial charge on any atom is -0.493 e. The van der Waals surface area contributed by atoms with Gasteiger partial charge in [-0.05, 0) is 24.6 Å². The highest BCUT2D eigenvalue weighted by atomic mass is 16.5. The topological polar surface area (TPSA) is 47.6 Å². The average Bonchev–Trinajstić information content (AvgIpc) is 2.35. The minimum atomic E-state index is -0.0611. The van der Waals surface area contributed by atoms with Crippen LogP contribution < -0.4 is 14.8 Å². The second kappa shape index (κ2) is 7.37. The molecule has 4 nitrogen and oxygen atoms in total. The van der Waals surface area contributed by atoms with Crippen molar-refractivity contribution in [2.45, 2.75) is 13.8 Å². The second-order valence-electron chi connectivity index (χ2n) is 3.74. The number of hydrogen-bond donors (Lipinski definition) is 1. The number of rotatable bonds is 6. The van der Waals surface area contributed by atoms with Gasteiger partial charge in [-0.1, -0.05) is 18.2 Å². The van der Waals surface area contributed by atoms with Crippen molar-refractivity contribution >= 4 is 12.0 Å². The summed E-state index contributed by atoms with van der Waals surface area (Å²) in [5.41, 5.74) is 1.06. The van der Waals surface area contributed by atoms with E-state index in [1.165, 1.54) is 6.92 Å². The van der Waals surface area contributed by atoms with Gasteiger partial charge in [-0.3, -0.25) is 4.79 Å². The summed E-state index contributed by atoms with van der Waals surface area (Å²) in [7, 11) is 1.61. The SMILES string of the molecule is C/C=C\c1ccc(OCCNC(C)=O)c(OC)c1. The molecule has 18 heavy (non-hydrogen) atoms. The summed E-state index contributed by atoms with van der Waals surface area (Å²) >= 11 is 0. The first-order valence-electron chi connectivity index (χ1n) is 5.85. The van der Waals surface area contributed by atoms with Crippen LogP contribution in [0.25, 0.3) is 6.08 Å². The number of benzene rings is 1. The zero-order chi connectivity index (χ0) is 13.4. The number of hydrogen-bond acceptors (Lipinski definition) is 3. The summed E-state index contributed by atoms with van der Waals surface area (Å²) < 4.78 is 10.8. The molecule has 0 aliphatic heterocycles. The van der Waals surface area contributed by atoms with Gasteiger partial charge in [0.15, 0.2) is 11.5 Å². The van der Waals surface area contributed by atoms with Gasteiger partial charge in [0.1, 0.15) is 6.61 Å². The number of nitrogens with one attached hydrogen (secondary N) is 1. The molecule has 98 valence electrons. The maximum Gasteiger partial charge on any atom is 0.216 e. The third kappa shape index (κ3) is 4.49. The molecule has 0 saturated heterocycles. The molecule has 0 aliphatic rings. The number of carbonyl (C=O) groups excluding carboxylic acids is 1. The lowest BCUT2D eigenvalue weighted by molar-refractivity contribution is -0.119. The Labute approximate surface area is 108 Å². The van der Waals surface area contributed by atoms with Crippen LogP contribution in [0.3, 0.4) is 0 Å². The van der Waals surface area contributed by atoms with Crippen molar-refractivity contribution in [2.75, 3.05) is 20.3 Å². The number of carbonyl (C=O) groups is 1. The summed E-state index contributed by atoms with van der Waals surface area (Å²) in [5.74, 6) is 1.30. The first kappa shape index (κ1) is 14.1. The lowest BCUT2D eigenvalue weighted by Crippen LogP contribution is -2.25. The molecule has 1 amide bonds. The molecular weight excluding hydrogens is 230 g/mol. The molecular formula is C14H19NO3. The fourth-order valence-electron chi connectivity index (χ4n) is 1.49. The van der Waals surface area contributed by atoms with Crippen LogP contribution in [0.4, 0.5) is 0 Å². The lowest BCUT2D eigenvalue weighted by Gasteiger charge is -2.11. The largest absolute Gasteiger partial charge is 0.493 e. The molecule has 1 aromatic rings. The minimum absolute atomic E-state index is 0.0611. The Bertz CT molecular complexity index is 427. The van der Waals surface area contributed by atoms with Crippen molar-refractivity contribution in [2.24, 2.45) is 0 Å². The van der Waals surface area contributed by atoms with Gasteiger partial charge in [0, 0.05) is 6.92 Å². The second-order valence-corrected chi connectivity index (χ2v) is 3.74. The predicted molar refractivity (Wildman–Crippen MR) is 71.9 cm³/mol. The Hall–Kier alpha value is -1.97. The van der Waals surface area contributed by atoms with Crippen molar-refractivity contribution in [1.82, 2.24) is 5.32 Å². The van der Waals surface area contributed by atoms with E-state index in [2.05, 4.69) is 5.32 Å². The highest BCUT2D eigenvalue weighted by molar-refractivity contribution is 5.72. The van der Waals surface area contributed by atoms with E-state index in [0.29, 0.717) is 24.7 Å². The van der Waals surface area contributed by atoms with Gasteiger partial charge >= 0.3 is 0 Å². The van der Waals surface area contributed by atoms with Gasteiger partial charge in [-0.2, -0.15) is 0 Å². The molecule has 0 atom stereocenters. The molecule has 0 aliphatic carbocycles. The zero-order valence-electron chi connectivity index (χ0n) is 11.0. The van der Waals surface area contributed by atoms with Crippen LogP contribution in [-0.4, -0.2) is 26.2 Å². The Morgan fingerprint density at radius 2 is 2.17 bits per heavy atom. The average molecular weight is 249 g/mol. The van der Waals surface area contributed by atoms with E-state index in [-0.39, 0.29) is 5.91 Å². The van der Waals surface area contributed by atoms with Crippen molar-refractivity contribution in [3.63, 3.8) is 0 Å². The van der Waals surface area contributed by atoms with Crippen LogP contribution in [0.15, 0.2) is 24.3 Å².